The molecule has 3 aromatic carbocycles. The number of rotatable bonds is 8. The van der Waals surface area contributed by atoms with E-state index in [2.05, 4.69) is 10.0 Å². The van der Waals surface area contributed by atoms with Crippen molar-refractivity contribution in [3.63, 3.8) is 0 Å². The number of hydrogen-bond donors (Lipinski definition) is 2. The van der Waals surface area contributed by atoms with Gasteiger partial charge >= 0.3 is 0 Å². The molecule has 30 heavy (non-hydrogen) atoms. The molecule has 0 radical (unpaired) electrons. The Hall–Kier alpha value is -2.68. The first-order chi connectivity index (χ1) is 14.4. The maximum Gasteiger partial charge on any atom is 0.261 e. The quantitative estimate of drug-likeness (QED) is 0.466. The highest BCUT2D eigenvalue weighted by Gasteiger charge is 2.14. The van der Waals surface area contributed by atoms with Crippen LogP contribution >= 0.6 is 23.4 Å². The van der Waals surface area contributed by atoms with Crippen molar-refractivity contribution in [2.24, 2.45) is 0 Å². The van der Waals surface area contributed by atoms with E-state index in [0.717, 1.165) is 4.90 Å². The number of thioether (sulfide) groups is 1. The maximum absolute atomic E-state index is 12.5. The summed E-state index contributed by atoms with van der Waals surface area (Å²) < 4.78 is 32.6. The highest BCUT2D eigenvalue weighted by atomic mass is 35.5. The van der Waals surface area contributed by atoms with Gasteiger partial charge in [0.1, 0.15) is 5.75 Å². The molecular formula is C21H19ClN2O4S2. The lowest BCUT2D eigenvalue weighted by atomic mass is 10.3. The summed E-state index contributed by atoms with van der Waals surface area (Å²) in [6.45, 7) is 0. The molecule has 1 amide bonds. The summed E-state index contributed by atoms with van der Waals surface area (Å²) in [5.41, 5.74) is 0.938. The highest BCUT2D eigenvalue weighted by Crippen LogP contribution is 2.22. The lowest BCUT2D eigenvalue weighted by molar-refractivity contribution is -0.113. The number of carbonyl (C=O) groups excluding carboxylic acids is 1. The van der Waals surface area contributed by atoms with E-state index in [4.69, 9.17) is 16.3 Å². The van der Waals surface area contributed by atoms with Gasteiger partial charge in [0.25, 0.3) is 10.0 Å². The molecule has 0 aromatic heterocycles. The fourth-order valence-corrected chi connectivity index (χ4v) is 4.35. The van der Waals surface area contributed by atoms with Gasteiger partial charge in [-0.15, -0.1) is 11.8 Å². The summed E-state index contributed by atoms with van der Waals surface area (Å²) in [4.78, 5) is 13.1. The lowest BCUT2D eigenvalue weighted by Crippen LogP contribution is -2.15. The molecule has 0 unspecified atom stereocenters. The Labute approximate surface area is 184 Å². The molecule has 156 valence electrons. The second kappa shape index (κ2) is 9.88. The van der Waals surface area contributed by atoms with Gasteiger partial charge in [0, 0.05) is 21.3 Å². The van der Waals surface area contributed by atoms with Crippen LogP contribution in [0.1, 0.15) is 0 Å². The molecule has 0 bridgehead atoms. The van der Waals surface area contributed by atoms with Crippen LogP contribution in [-0.2, 0) is 14.8 Å². The van der Waals surface area contributed by atoms with Crippen molar-refractivity contribution in [2.75, 3.05) is 22.9 Å². The zero-order valence-electron chi connectivity index (χ0n) is 16.0. The molecule has 0 heterocycles. The van der Waals surface area contributed by atoms with Gasteiger partial charge < -0.3 is 10.1 Å². The van der Waals surface area contributed by atoms with Crippen LogP contribution in [-0.4, -0.2) is 27.2 Å². The van der Waals surface area contributed by atoms with Crippen LogP contribution in [0.3, 0.4) is 0 Å². The summed E-state index contributed by atoms with van der Waals surface area (Å²) in [5.74, 6) is 0.662. The van der Waals surface area contributed by atoms with Crippen molar-refractivity contribution in [1.29, 1.82) is 0 Å². The van der Waals surface area contributed by atoms with Crippen LogP contribution in [0.4, 0.5) is 11.4 Å². The smallest absolute Gasteiger partial charge is 0.261 e. The Bertz CT molecular complexity index is 1100. The number of nitrogens with one attached hydrogen (secondary N) is 2. The highest BCUT2D eigenvalue weighted by molar-refractivity contribution is 8.00. The summed E-state index contributed by atoms with van der Waals surface area (Å²) >= 11 is 7.23. The third-order valence-corrected chi connectivity index (χ3v) is 6.64. The minimum atomic E-state index is -3.75. The third-order valence-electron chi connectivity index (χ3n) is 3.97. The fourth-order valence-electron chi connectivity index (χ4n) is 2.47. The van der Waals surface area contributed by atoms with E-state index in [1.165, 1.54) is 31.0 Å². The van der Waals surface area contributed by atoms with Gasteiger partial charge in [-0.1, -0.05) is 11.6 Å². The zero-order valence-corrected chi connectivity index (χ0v) is 18.4. The summed E-state index contributed by atoms with van der Waals surface area (Å²) in [6.07, 6.45) is 0. The molecule has 3 rings (SSSR count). The van der Waals surface area contributed by atoms with Crippen LogP contribution < -0.4 is 14.8 Å². The number of sulfonamides is 1. The van der Waals surface area contributed by atoms with Crippen LogP contribution in [0.2, 0.25) is 5.02 Å². The van der Waals surface area contributed by atoms with E-state index in [9.17, 15) is 13.2 Å². The molecule has 0 spiro atoms. The summed E-state index contributed by atoms with van der Waals surface area (Å²) in [5, 5.41) is 3.39. The number of anilines is 2. The molecule has 0 atom stereocenters. The lowest BCUT2D eigenvalue weighted by Gasteiger charge is -2.10. The van der Waals surface area contributed by atoms with Gasteiger partial charge in [0.05, 0.1) is 17.8 Å². The normalized spacial score (nSPS) is 11.0. The van der Waals surface area contributed by atoms with E-state index < -0.39 is 10.0 Å². The van der Waals surface area contributed by atoms with Crippen molar-refractivity contribution < 1.29 is 17.9 Å². The minimum absolute atomic E-state index is 0.0897. The average Bonchev–Trinajstić information content (AvgIpc) is 2.74. The van der Waals surface area contributed by atoms with Gasteiger partial charge in [0.15, 0.2) is 0 Å². The third kappa shape index (κ3) is 6.16. The second-order valence-corrected chi connectivity index (χ2v) is 9.32. The number of ether oxygens (including phenoxy) is 1. The Morgan fingerprint density at radius 3 is 2.13 bits per heavy atom. The van der Waals surface area contributed by atoms with Crippen molar-refractivity contribution >= 4 is 50.7 Å². The summed E-state index contributed by atoms with van der Waals surface area (Å²) in [7, 11) is -2.21. The van der Waals surface area contributed by atoms with Gasteiger partial charge in [-0.3, -0.25) is 9.52 Å². The minimum Gasteiger partial charge on any atom is -0.497 e. The van der Waals surface area contributed by atoms with Crippen molar-refractivity contribution in [3.05, 3.63) is 77.8 Å². The molecule has 0 saturated heterocycles. The molecule has 6 nitrogen and oxygen atoms in total. The first kappa shape index (κ1) is 22.0. The van der Waals surface area contributed by atoms with E-state index in [1.54, 1.807) is 48.5 Å². The topological polar surface area (TPSA) is 84.5 Å². The number of hydrogen-bond acceptors (Lipinski definition) is 5. The number of carbonyl (C=O) groups is 1. The first-order valence-electron chi connectivity index (χ1n) is 8.81. The SMILES string of the molecule is COc1ccc(NS(=O)(=O)c2ccc(NC(=O)CSc3ccc(Cl)cc3)cc2)cc1. The largest absolute Gasteiger partial charge is 0.497 e. The molecule has 0 aliphatic carbocycles. The number of amides is 1. The predicted octanol–water partition coefficient (Wildman–Crippen LogP) is 4.88. The standard InChI is InChI=1S/C21H19ClN2O4S2/c1-28-18-8-4-17(5-9-18)24-30(26,27)20-12-6-16(7-13-20)23-21(25)14-29-19-10-2-15(22)3-11-19/h2-13,24H,14H2,1H3,(H,23,25). The first-order valence-corrected chi connectivity index (χ1v) is 11.7. The molecular weight excluding hydrogens is 444 g/mol. The molecule has 0 aliphatic rings. The molecule has 3 aromatic rings. The molecule has 9 heteroatoms. The van der Waals surface area contributed by atoms with Crippen molar-refractivity contribution in [1.82, 2.24) is 0 Å². The molecule has 2 N–H and O–H groups in total. The van der Waals surface area contributed by atoms with Crippen LogP contribution in [0.25, 0.3) is 0 Å². The second-order valence-electron chi connectivity index (χ2n) is 6.15. The Morgan fingerprint density at radius 1 is 0.933 bits per heavy atom. The van der Waals surface area contributed by atoms with Crippen LogP contribution in [0.5, 0.6) is 5.75 Å². The Kier molecular flexibility index (Phi) is 7.25. The molecule has 0 aliphatic heterocycles. The van der Waals surface area contributed by atoms with Gasteiger partial charge in [-0.05, 0) is 72.8 Å². The van der Waals surface area contributed by atoms with Gasteiger partial charge in [-0.2, -0.15) is 0 Å². The van der Waals surface area contributed by atoms with Gasteiger partial charge in [-0.25, -0.2) is 8.42 Å². The van der Waals surface area contributed by atoms with E-state index in [-0.39, 0.29) is 16.6 Å². The Balaban J connectivity index is 1.57. The summed E-state index contributed by atoms with van der Waals surface area (Å²) in [6, 6.07) is 19.7. The monoisotopic (exact) mass is 462 g/mol. The van der Waals surface area contributed by atoms with E-state index in [0.29, 0.717) is 22.1 Å². The van der Waals surface area contributed by atoms with E-state index in [1.807, 2.05) is 12.1 Å². The maximum atomic E-state index is 12.5. The van der Waals surface area contributed by atoms with Crippen LogP contribution in [0, 0.1) is 0 Å². The molecule has 0 fully saturated rings. The predicted molar refractivity (Wildman–Crippen MR) is 121 cm³/mol. The zero-order chi connectivity index (χ0) is 21.6. The Morgan fingerprint density at radius 2 is 1.53 bits per heavy atom. The van der Waals surface area contributed by atoms with Crippen LogP contribution in [0.15, 0.2) is 82.6 Å². The van der Waals surface area contributed by atoms with E-state index >= 15 is 0 Å². The fraction of sp³-hybridized carbons (Fsp3) is 0.0952. The van der Waals surface area contributed by atoms with Crippen molar-refractivity contribution in [2.45, 2.75) is 9.79 Å². The molecule has 0 saturated carbocycles. The van der Waals surface area contributed by atoms with Gasteiger partial charge in [0.2, 0.25) is 5.91 Å². The average molecular weight is 463 g/mol. The number of benzene rings is 3. The van der Waals surface area contributed by atoms with Crippen molar-refractivity contribution in [3.8, 4) is 5.75 Å². The number of halogens is 1. The number of methoxy groups -OCH3 is 1.